The molecule has 1 nitrogen and oxygen atoms in total. The highest BCUT2D eigenvalue weighted by atomic mass is 127. The number of hydrogen-bond acceptors (Lipinski definition) is 2. The minimum atomic E-state index is 0.549. The maximum atomic E-state index is 5.95. The first-order valence-corrected chi connectivity index (χ1v) is 5.73. The molecule has 0 atom stereocenters. The lowest BCUT2D eigenvalue weighted by Crippen LogP contribution is -1.72. The van der Waals surface area contributed by atoms with E-state index >= 15 is 0 Å². The zero-order valence-corrected chi connectivity index (χ0v) is 10.1. The molecule has 0 spiro atoms. The lowest BCUT2D eigenvalue weighted by atomic mass is 10.3. The summed E-state index contributed by atoms with van der Waals surface area (Å²) >= 11 is 15.5. The zero-order valence-electron chi connectivity index (χ0n) is 5.64. The first-order valence-electron chi connectivity index (χ1n) is 3.08. The maximum absolute atomic E-state index is 5.95. The summed E-state index contributed by atoms with van der Waals surface area (Å²) in [4.78, 5) is 4.26. The molecule has 1 aromatic carbocycles. The molecule has 0 bridgehead atoms. The van der Waals surface area contributed by atoms with Crippen molar-refractivity contribution in [3.05, 3.63) is 25.2 Å². The minimum absolute atomic E-state index is 0.549. The van der Waals surface area contributed by atoms with Crippen LogP contribution < -0.4 is 0 Å². The van der Waals surface area contributed by atoms with Crippen molar-refractivity contribution in [2.45, 2.75) is 0 Å². The molecule has 0 aliphatic heterocycles. The Kier molecular flexibility index (Phi) is 2.46. The molecular weight excluding hydrogens is 328 g/mol. The smallest absolute Gasteiger partial charge is 0.155 e. The standard InChI is InChI=1S/C7H2Cl2INS/c8-3-1-2-4-6(5(3)9)11-7(10)12-4/h1-2H. The third kappa shape index (κ3) is 1.43. The van der Waals surface area contributed by atoms with Crippen LogP contribution in [0.5, 0.6) is 0 Å². The van der Waals surface area contributed by atoms with E-state index in [4.69, 9.17) is 23.2 Å². The number of thiazole rings is 1. The second-order valence-electron chi connectivity index (χ2n) is 2.17. The molecule has 0 aliphatic rings. The number of fused-ring (bicyclic) bond motifs is 1. The normalized spacial score (nSPS) is 10.9. The maximum Gasteiger partial charge on any atom is 0.155 e. The van der Waals surface area contributed by atoms with E-state index in [1.807, 2.05) is 6.07 Å². The van der Waals surface area contributed by atoms with E-state index in [1.54, 1.807) is 17.4 Å². The van der Waals surface area contributed by atoms with E-state index in [9.17, 15) is 0 Å². The van der Waals surface area contributed by atoms with E-state index in [0.29, 0.717) is 10.0 Å². The largest absolute Gasteiger partial charge is 0.228 e. The van der Waals surface area contributed by atoms with Crippen LogP contribution in [0.15, 0.2) is 12.1 Å². The molecule has 0 unspecified atom stereocenters. The monoisotopic (exact) mass is 329 g/mol. The highest BCUT2D eigenvalue weighted by molar-refractivity contribution is 14.1. The van der Waals surface area contributed by atoms with E-state index in [2.05, 4.69) is 27.6 Å². The summed E-state index contributed by atoms with van der Waals surface area (Å²) < 4.78 is 2.06. The number of halogens is 3. The molecule has 5 heteroatoms. The molecule has 0 fully saturated rings. The molecule has 2 rings (SSSR count). The van der Waals surface area contributed by atoms with Gasteiger partial charge in [0.05, 0.1) is 14.7 Å². The lowest BCUT2D eigenvalue weighted by molar-refractivity contribution is 1.45. The van der Waals surface area contributed by atoms with Gasteiger partial charge in [0, 0.05) is 0 Å². The van der Waals surface area contributed by atoms with Crippen molar-refractivity contribution in [3.8, 4) is 0 Å². The van der Waals surface area contributed by atoms with Crippen LogP contribution in [-0.2, 0) is 0 Å². The third-order valence-corrected chi connectivity index (χ3v) is 3.93. The van der Waals surface area contributed by atoms with Crippen LogP contribution in [0.1, 0.15) is 0 Å². The number of aromatic nitrogens is 1. The molecule has 0 N–H and O–H groups in total. The average Bonchev–Trinajstić information content (AvgIpc) is 2.39. The van der Waals surface area contributed by atoms with E-state index < -0.39 is 0 Å². The van der Waals surface area contributed by atoms with Gasteiger partial charge in [-0.3, -0.25) is 0 Å². The van der Waals surface area contributed by atoms with Crippen molar-refractivity contribution in [3.63, 3.8) is 0 Å². The molecule has 0 radical (unpaired) electrons. The fourth-order valence-electron chi connectivity index (χ4n) is 0.910. The molecule has 0 saturated carbocycles. The summed E-state index contributed by atoms with van der Waals surface area (Å²) in [6.07, 6.45) is 0. The van der Waals surface area contributed by atoms with Gasteiger partial charge in [-0.05, 0) is 34.7 Å². The van der Waals surface area contributed by atoms with Gasteiger partial charge in [0.25, 0.3) is 0 Å². The first kappa shape index (κ1) is 8.99. The van der Waals surface area contributed by atoms with Gasteiger partial charge >= 0.3 is 0 Å². The Labute approximate surface area is 96.8 Å². The van der Waals surface area contributed by atoms with Gasteiger partial charge in [0.15, 0.2) is 3.01 Å². The lowest BCUT2D eigenvalue weighted by Gasteiger charge is -1.93. The van der Waals surface area contributed by atoms with E-state index in [0.717, 1.165) is 13.2 Å². The number of benzene rings is 1. The second-order valence-corrected chi connectivity index (χ2v) is 5.74. The molecule has 2 aromatic rings. The van der Waals surface area contributed by atoms with Gasteiger partial charge in [0.1, 0.15) is 5.52 Å². The Balaban J connectivity index is 2.89. The number of rotatable bonds is 0. The van der Waals surface area contributed by atoms with Crippen LogP contribution >= 0.6 is 57.1 Å². The van der Waals surface area contributed by atoms with Crippen molar-refractivity contribution >= 4 is 67.3 Å². The predicted molar refractivity (Wildman–Crippen MR) is 62.4 cm³/mol. The molecule has 1 aromatic heterocycles. The molecule has 0 saturated heterocycles. The Morgan fingerprint density at radius 1 is 1.33 bits per heavy atom. The van der Waals surface area contributed by atoms with Crippen molar-refractivity contribution in [2.24, 2.45) is 0 Å². The molecule has 0 amide bonds. The number of nitrogens with zero attached hydrogens (tertiary/aromatic N) is 1. The summed E-state index contributed by atoms with van der Waals surface area (Å²) in [5.74, 6) is 0. The van der Waals surface area contributed by atoms with Crippen molar-refractivity contribution in [2.75, 3.05) is 0 Å². The van der Waals surface area contributed by atoms with Crippen LogP contribution in [0.3, 0.4) is 0 Å². The Hall–Kier alpha value is 0.420. The summed E-state index contributed by atoms with van der Waals surface area (Å²) in [5, 5.41) is 1.11. The van der Waals surface area contributed by atoms with Crippen molar-refractivity contribution in [1.29, 1.82) is 0 Å². The van der Waals surface area contributed by atoms with Crippen molar-refractivity contribution < 1.29 is 0 Å². The Bertz CT molecular complexity index is 440. The first-order chi connectivity index (χ1) is 5.68. The van der Waals surface area contributed by atoms with E-state index in [-0.39, 0.29) is 0 Å². The van der Waals surface area contributed by atoms with Crippen LogP contribution in [0.2, 0.25) is 10.0 Å². The van der Waals surface area contributed by atoms with E-state index in [1.165, 1.54) is 0 Å². The Morgan fingerprint density at radius 2 is 2.08 bits per heavy atom. The topological polar surface area (TPSA) is 12.9 Å². The summed E-state index contributed by atoms with van der Waals surface area (Å²) in [6.45, 7) is 0. The minimum Gasteiger partial charge on any atom is -0.228 e. The quantitative estimate of drug-likeness (QED) is 0.660. The third-order valence-electron chi connectivity index (χ3n) is 1.43. The fourth-order valence-corrected chi connectivity index (χ4v) is 2.98. The highest BCUT2D eigenvalue weighted by Gasteiger charge is 2.07. The van der Waals surface area contributed by atoms with Crippen LogP contribution in [0.4, 0.5) is 0 Å². The summed E-state index contributed by atoms with van der Waals surface area (Å²) in [5.41, 5.74) is 0.804. The van der Waals surface area contributed by atoms with Gasteiger partial charge in [0.2, 0.25) is 0 Å². The van der Waals surface area contributed by atoms with Crippen molar-refractivity contribution in [1.82, 2.24) is 4.98 Å². The molecule has 1 heterocycles. The number of hydrogen-bond donors (Lipinski definition) is 0. The van der Waals surface area contributed by atoms with Gasteiger partial charge in [-0.1, -0.05) is 23.2 Å². The SMILES string of the molecule is Clc1ccc2sc(I)nc2c1Cl. The summed E-state index contributed by atoms with van der Waals surface area (Å²) in [7, 11) is 0. The molecular formula is C7H2Cl2INS. The van der Waals surface area contributed by atoms with Crippen LogP contribution in [0, 0.1) is 3.01 Å². The van der Waals surface area contributed by atoms with Gasteiger partial charge in [-0.25, -0.2) is 4.98 Å². The molecule has 12 heavy (non-hydrogen) atoms. The second kappa shape index (κ2) is 3.29. The zero-order chi connectivity index (χ0) is 8.72. The summed E-state index contributed by atoms with van der Waals surface area (Å²) in [6, 6.07) is 3.73. The average molecular weight is 330 g/mol. The van der Waals surface area contributed by atoms with Gasteiger partial charge in [-0.15, -0.1) is 11.3 Å². The van der Waals surface area contributed by atoms with Gasteiger partial charge in [-0.2, -0.15) is 0 Å². The fraction of sp³-hybridized carbons (Fsp3) is 0. The highest BCUT2D eigenvalue weighted by Crippen LogP contribution is 2.33. The molecule has 0 aliphatic carbocycles. The Morgan fingerprint density at radius 3 is 2.83 bits per heavy atom. The molecule has 62 valence electrons. The predicted octanol–water partition coefficient (Wildman–Crippen LogP) is 4.21. The van der Waals surface area contributed by atoms with Gasteiger partial charge < -0.3 is 0 Å². The van der Waals surface area contributed by atoms with Crippen LogP contribution in [-0.4, -0.2) is 4.98 Å². The van der Waals surface area contributed by atoms with Crippen LogP contribution in [0.25, 0.3) is 10.2 Å².